The van der Waals surface area contributed by atoms with Crippen LogP contribution in [-0.4, -0.2) is 46.9 Å². The fourth-order valence-corrected chi connectivity index (χ4v) is 4.06. The van der Waals surface area contributed by atoms with Crippen molar-refractivity contribution in [3.8, 4) is 6.01 Å². The Balaban J connectivity index is 1.72. The van der Waals surface area contributed by atoms with Gasteiger partial charge in [0.05, 0.1) is 11.0 Å². The molecule has 2 aromatic rings. The Morgan fingerprint density at radius 2 is 2.04 bits per heavy atom. The summed E-state index contributed by atoms with van der Waals surface area (Å²) in [6.07, 6.45) is 7.31. The number of sulfonamides is 1. The maximum absolute atomic E-state index is 12.6. The van der Waals surface area contributed by atoms with Crippen molar-refractivity contribution in [2.75, 3.05) is 13.1 Å². The summed E-state index contributed by atoms with van der Waals surface area (Å²) in [6, 6.07) is 3.41. The van der Waals surface area contributed by atoms with E-state index in [1.807, 2.05) is 0 Å². The van der Waals surface area contributed by atoms with E-state index in [9.17, 15) is 8.42 Å². The normalized spacial score (nSPS) is 19.4. The molecule has 0 aliphatic carbocycles. The molecule has 0 radical (unpaired) electrons. The highest BCUT2D eigenvalue weighted by molar-refractivity contribution is 9.10. The molecule has 0 bridgehead atoms. The molecule has 23 heavy (non-hydrogen) atoms. The molecule has 1 fully saturated rings. The SMILES string of the molecule is O=S(=O)(c1cccnc1)N1CCC[C@@H](Oc2ncc(Br)cn2)C1. The van der Waals surface area contributed by atoms with Gasteiger partial charge in [0.15, 0.2) is 0 Å². The molecule has 3 rings (SSSR count). The smallest absolute Gasteiger partial charge is 0.316 e. The molecule has 7 nitrogen and oxygen atoms in total. The Hall–Kier alpha value is -1.58. The van der Waals surface area contributed by atoms with E-state index >= 15 is 0 Å². The van der Waals surface area contributed by atoms with Crippen LogP contribution in [0.3, 0.4) is 0 Å². The van der Waals surface area contributed by atoms with Crippen LogP contribution in [0.15, 0.2) is 46.3 Å². The molecule has 1 aliphatic heterocycles. The van der Waals surface area contributed by atoms with Crippen molar-refractivity contribution in [1.29, 1.82) is 0 Å². The lowest BCUT2D eigenvalue weighted by atomic mass is 10.1. The number of hydrogen-bond donors (Lipinski definition) is 0. The third-order valence-corrected chi connectivity index (χ3v) is 5.74. The summed E-state index contributed by atoms with van der Waals surface area (Å²) in [6.45, 7) is 0.745. The van der Waals surface area contributed by atoms with Gasteiger partial charge in [-0.25, -0.2) is 18.4 Å². The lowest BCUT2D eigenvalue weighted by Crippen LogP contribution is -2.44. The maximum Gasteiger partial charge on any atom is 0.316 e. The first-order valence-corrected chi connectivity index (χ1v) is 9.33. The molecule has 122 valence electrons. The van der Waals surface area contributed by atoms with E-state index in [1.165, 1.54) is 10.5 Å². The van der Waals surface area contributed by atoms with E-state index < -0.39 is 10.0 Å². The van der Waals surface area contributed by atoms with Crippen LogP contribution in [0.25, 0.3) is 0 Å². The molecule has 1 atom stereocenters. The van der Waals surface area contributed by atoms with Crippen LogP contribution in [0.1, 0.15) is 12.8 Å². The van der Waals surface area contributed by atoms with Gasteiger partial charge in [-0.15, -0.1) is 0 Å². The Morgan fingerprint density at radius 1 is 1.26 bits per heavy atom. The van der Waals surface area contributed by atoms with Gasteiger partial charge < -0.3 is 4.74 Å². The first-order chi connectivity index (χ1) is 11.1. The van der Waals surface area contributed by atoms with Crippen LogP contribution < -0.4 is 4.74 Å². The van der Waals surface area contributed by atoms with Crippen molar-refractivity contribution in [3.63, 3.8) is 0 Å². The zero-order valence-electron chi connectivity index (χ0n) is 12.2. The highest BCUT2D eigenvalue weighted by Gasteiger charge is 2.31. The first-order valence-electron chi connectivity index (χ1n) is 7.10. The number of pyridine rings is 1. The lowest BCUT2D eigenvalue weighted by Gasteiger charge is -2.31. The Bertz CT molecular complexity index is 755. The second-order valence-electron chi connectivity index (χ2n) is 5.12. The van der Waals surface area contributed by atoms with Crippen molar-refractivity contribution in [2.45, 2.75) is 23.8 Å². The molecule has 0 saturated carbocycles. The van der Waals surface area contributed by atoms with E-state index in [2.05, 4.69) is 30.9 Å². The quantitative estimate of drug-likeness (QED) is 0.781. The largest absolute Gasteiger partial charge is 0.459 e. The zero-order valence-corrected chi connectivity index (χ0v) is 14.6. The number of nitrogens with zero attached hydrogens (tertiary/aromatic N) is 4. The van der Waals surface area contributed by atoms with Gasteiger partial charge in [-0.05, 0) is 40.9 Å². The summed E-state index contributed by atoms with van der Waals surface area (Å²) >= 11 is 3.26. The second kappa shape index (κ2) is 6.90. The molecular formula is C14H15BrN4O3S. The van der Waals surface area contributed by atoms with Gasteiger partial charge in [0, 0.05) is 31.3 Å². The number of piperidine rings is 1. The van der Waals surface area contributed by atoms with Crippen LogP contribution in [0.5, 0.6) is 6.01 Å². The minimum Gasteiger partial charge on any atom is -0.459 e. The standard InChI is InChI=1S/C14H15BrN4O3S/c15-11-7-17-14(18-8-11)22-12-3-2-6-19(10-12)23(20,21)13-4-1-5-16-9-13/h1,4-5,7-9,12H,2-3,6,10H2/t12-/m1/s1. The maximum atomic E-state index is 12.6. The van der Waals surface area contributed by atoms with E-state index in [-0.39, 0.29) is 23.6 Å². The van der Waals surface area contributed by atoms with E-state index in [0.29, 0.717) is 6.54 Å². The molecule has 0 unspecified atom stereocenters. The monoisotopic (exact) mass is 398 g/mol. The van der Waals surface area contributed by atoms with Crippen LogP contribution in [0.2, 0.25) is 0 Å². The van der Waals surface area contributed by atoms with Gasteiger partial charge in [0.25, 0.3) is 0 Å². The fourth-order valence-electron chi connectivity index (χ4n) is 2.38. The van der Waals surface area contributed by atoms with Crippen molar-refractivity contribution < 1.29 is 13.2 Å². The molecule has 0 N–H and O–H groups in total. The lowest BCUT2D eigenvalue weighted by molar-refractivity contribution is 0.119. The fraction of sp³-hybridized carbons (Fsp3) is 0.357. The molecule has 1 aliphatic rings. The summed E-state index contributed by atoms with van der Waals surface area (Å²) in [5.41, 5.74) is 0. The number of ether oxygens (including phenoxy) is 1. The van der Waals surface area contributed by atoms with E-state index in [0.717, 1.165) is 17.3 Å². The van der Waals surface area contributed by atoms with Crippen molar-refractivity contribution in [2.24, 2.45) is 0 Å². The number of hydrogen-bond acceptors (Lipinski definition) is 6. The third kappa shape index (κ3) is 3.85. The number of rotatable bonds is 4. The minimum absolute atomic E-state index is 0.195. The molecule has 0 aromatic carbocycles. The molecule has 3 heterocycles. The average molecular weight is 399 g/mol. The van der Waals surface area contributed by atoms with E-state index in [1.54, 1.807) is 30.7 Å². The first kappa shape index (κ1) is 16.3. The second-order valence-corrected chi connectivity index (χ2v) is 7.97. The summed E-state index contributed by atoms with van der Waals surface area (Å²) < 4.78 is 33.1. The van der Waals surface area contributed by atoms with Gasteiger partial charge in [0.2, 0.25) is 10.0 Å². The Morgan fingerprint density at radius 3 is 2.74 bits per heavy atom. The van der Waals surface area contributed by atoms with Crippen molar-refractivity contribution in [1.82, 2.24) is 19.3 Å². The zero-order chi connectivity index (χ0) is 16.3. The summed E-state index contributed by atoms with van der Waals surface area (Å²) in [5.74, 6) is 0. The molecule has 2 aromatic heterocycles. The van der Waals surface area contributed by atoms with Gasteiger partial charge in [0.1, 0.15) is 11.0 Å². The minimum atomic E-state index is -3.55. The summed E-state index contributed by atoms with van der Waals surface area (Å²) in [5, 5.41) is 0. The number of aromatic nitrogens is 3. The third-order valence-electron chi connectivity index (χ3n) is 3.48. The van der Waals surface area contributed by atoms with Crippen LogP contribution in [-0.2, 0) is 10.0 Å². The molecule has 1 saturated heterocycles. The molecule has 0 spiro atoms. The summed E-state index contributed by atoms with van der Waals surface area (Å²) in [4.78, 5) is 12.2. The topological polar surface area (TPSA) is 85.3 Å². The van der Waals surface area contributed by atoms with E-state index in [4.69, 9.17) is 4.74 Å². The van der Waals surface area contributed by atoms with Gasteiger partial charge in [-0.1, -0.05) is 0 Å². The number of halogens is 1. The highest BCUT2D eigenvalue weighted by Crippen LogP contribution is 2.22. The predicted octanol–water partition coefficient (Wildman–Crippen LogP) is 1.87. The Kier molecular flexibility index (Phi) is 4.88. The van der Waals surface area contributed by atoms with Gasteiger partial charge in [-0.2, -0.15) is 4.31 Å². The highest BCUT2D eigenvalue weighted by atomic mass is 79.9. The summed E-state index contributed by atoms with van der Waals surface area (Å²) in [7, 11) is -3.55. The molecular weight excluding hydrogens is 384 g/mol. The van der Waals surface area contributed by atoms with Gasteiger partial charge in [-0.3, -0.25) is 4.98 Å². The molecule has 9 heteroatoms. The van der Waals surface area contributed by atoms with Crippen LogP contribution >= 0.6 is 15.9 Å². The Labute approximate surface area is 142 Å². The molecule has 0 amide bonds. The van der Waals surface area contributed by atoms with Crippen molar-refractivity contribution in [3.05, 3.63) is 41.4 Å². The average Bonchev–Trinajstić information content (AvgIpc) is 2.58. The van der Waals surface area contributed by atoms with Crippen molar-refractivity contribution >= 4 is 26.0 Å². The van der Waals surface area contributed by atoms with Crippen LogP contribution in [0, 0.1) is 0 Å². The van der Waals surface area contributed by atoms with Crippen LogP contribution in [0.4, 0.5) is 0 Å². The predicted molar refractivity (Wildman–Crippen MR) is 86.4 cm³/mol. The van der Waals surface area contributed by atoms with Gasteiger partial charge >= 0.3 is 6.01 Å².